The van der Waals surface area contributed by atoms with E-state index < -0.39 is 0 Å². The Morgan fingerprint density at radius 3 is 3.33 bits per heavy atom. The van der Waals surface area contributed by atoms with Crippen LogP contribution in [0.2, 0.25) is 0 Å². The molecule has 0 aromatic carbocycles. The van der Waals surface area contributed by atoms with Crippen LogP contribution in [0.15, 0.2) is 17.4 Å². The Morgan fingerprint density at radius 1 is 1.89 bits per heavy atom. The van der Waals surface area contributed by atoms with Gasteiger partial charge in [-0.2, -0.15) is 5.10 Å². The molecular formula is C5H5N3S. The van der Waals surface area contributed by atoms with Crippen molar-refractivity contribution in [2.45, 2.75) is 6.54 Å². The molecular weight excluding hydrogens is 134 g/mol. The molecule has 0 unspecified atom stereocenters. The van der Waals surface area contributed by atoms with Gasteiger partial charge >= 0.3 is 0 Å². The van der Waals surface area contributed by atoms with Crippen molar-refractivity contribution in [1.82, 2.24) is 10.2 Å². The first-order valence-electron chi connectivity index (χ1n) is 2.45. The second-order valence-corrected chi connectivity index (χ2v) is 1.70. The molecule has 3 nitrogen and oxygen atoms in total. The van der Waals surface area contributed by atoms with Crippen molar-refractivity contribution in [2.75, 3.05) is 0 Å². The highest BCUT2D eigenvalue weighted by Gasteiger charge is 1.86. The van der Waals surface area contributed by atoms with Crippen LogP contribution in [-0.4, -0.2) is 15.4 Å². The number of isothiocyanates is 1. The zero-order valence-electron chi connectivity index (χ0n) is 4.66. The molecule has 1 rings (SSSR count). The van der Waals surface area contributed by atoms with Gasteiger partial charge in [-0.1, -0.05) is 0 Å². The summed E-state index contributed by atoms with van der Waals surface area (Å²) in [6.45, 7) is 0.569. The van der Waals surface area contributed by atoms with Crippen molar-refractivity contribution in [3.63, 3.8) is 0 Å². The number of aliphatic imine (C=N–C) groups is 1. The number of thiocarbonyl (C=S) groups is 1. The lowest BCUT2D eigenvalue weighted by Gasteiger charge is -1.79. The quantitative estimate of drug-likeness (QED) is 0.490. The van der Waals surface area contributed by atoms with E-state index in [2.05, 4.69) is 32.6 Å². The van der Waals surface area contributed by atoms with Gasteiger partial charge in [-0.3, -0.25) is 5.10 Å². The molecule has 0 saturated carbocycles. The molecule has 1 N–H and O–H groups in total. The predicted octanol–water partition coefficient (Wildman–Crippen LogP) is 1.01. The molecule has 0 spiro atoms. The maximum Gasteiger partial charge on any atom is 0.0773 e. The first kappa shape index (κ1) is 6.13. The van der Waals surface area contributed by atoms with Gasteiger partial charge in [0, 0.05) is 11.8 Å². The van der Waals surface area contributed by atoms with Crippen LogP contribution in [0, 0.1) is 0 Å². The molecule has 0 amide bonds. The third kappa shape index (κ3) is 1.76. The lowest BCUT2D eigenvalue weighted by atomic mass is 10.4. The normalized spacial score (nSPS) is 8.44. The van der Waals surface area contributed by atoms with Crippen LogP contribution < -0.4 is 0 Å². The minimum Gasteiger partial charge on any atom is -0.285 e. The second kappa shape index (κ2) is 3.12. The maximum absolute atomic E-state index is 4.38. The summed E-state index contributed by atoms with van der Waals surface area (Å²) in [6, 6.07) is 0. The zero-order chi connectivity index (χ0) is 6.53. The third-order valence-corrected chi connectivity index (χ3v) is 1.01. The Kier molecular flexibility index (Phi) is 2.13. The number of rotatable bonds is 2. The highest BCUT2D eigenvalue weighted by atomic mass is 32.1. The second-order valence-electron chi connectivity index (χ2n) is 1.51. The van der Waals surface area contributed by atoms with Crippen molar-refractivity contribution < 1.29 is 0 Å². The predicted molar refractivity (Wildman–Crippen MR) is 37.3 cm³/mol. The van der Waals surface area contributed by atoms with Gasteiger partial charge in [0.05, 0.1) is 17.9 Å². The van der Waals surface area contributed by atoms with E-state index >= 15 is 0 Å². The average Bonchev–Trinajstić information content (AvgIpc) is 2.34. The molecule has 9 heavy (non-hydrogen) atoms. The molecule has 0 atom stereocenters. The average molecular weight is 139 g/mol. The number of H-pyrrole nitrogens is 1. The number of aromatic nitrogens is 2. The van der Waals surface area contributed by atoms with Crippen LogP contribution in [0.4, 0.5) is 0 Å². The first-order valence-corrected chi connectivity index (χ1v) is 2.85. The monoisotopic (exact) mass is 139 g/mol. The minimum absolute atomic E-state index is 0.569. The summed E-state index contributed by atoms with van der Waals surface area (Å²) in [5, 5.41) is 8.67. The molecule has 0 fully saturated rings. The van der Waals surface area contributed by atoms with E-state index in [0.29, 0.717) is 6.54 Å². The van der Waals surface area contributed by atoms with E-state index in [1.165, 1.54) is 0 Å². The molecule has 1 aromatic rings. The van der Waals surface area contributed by atoms with Gasteiger partial charge < -0.3 is 0 Å². The Balaban J connectivity index is 2.57. The van der Waals surface area contributed by atoms with Gasteiger partial charge in [0.15, 0.2) is 0 Å². The van der Waals surface area contributed by atoms with Crippen LogP contribution in [0.1, 0.15) is 5.56 Å². The van der Waals surface area contributed by atoms with E-state index in [1.54, 1.807) is 12.4 Å². The summed E-state index contributed by atoms with van der Waals surface area (Å²) in [4.78, 5) is 3.72. The number of hydrogen-bond donors (Lipinski definition) is 1. The van der Waals surface area contributed by atoms with Crippen LogP contribution in [0.5, 0.6) is 0 Å². The van der Waals surface area contributed by atoms with E-state index in [4.69, 9.17) is 0 Å². The lowest BCUT2D eigenvalue weighted by molar-refractivity contribution is 1.09. The first-order chi connectivity index (χ1) is 4.43. The Morgan fingerprint density at radius 2 is 2.78 bits per heavy atom. The molecule has 4 heteroatoms. The zero-order valence-corrected chi connectivity index (χ0v) is 5.48. The summed E-state index contributed by atoms with van der Waals surface area (Å²) in [6.07, 6.45) is 3.48. The fourth-order valence-electron chi connectivity index (χ4n) is 0.488. The Labute approximate surface area is 57.8 Å². The highest BCUT2D eigenvalue weighted by Crippen LogP contribution is 1.93. The van der Waals surface area contributed by atoms with Crippen LogP contribution >= 0.6 is 12.2 Å². The van der Waals surface area contributed by atoms with Crippen molar-refractivity contribution in [3.8, 4) is 0 Å². The molecule has 1 heterocycles. The molecule has 0 aliphatic rings. The molecule has 0 saturated heterocycles. The molecule has 1 aromatic heterocycles. The van der Waals surface area contributed by atoms with Crippen LogP contribution in [0.25, 0.3) is 0 Å². The van der Waals surface area contributed by atoms with Gasteiger partial charge in [0.25, 0.3) is 0 Å². The standard InChI is InChI=1S/C5H5N3S/c9-4-6-1-5-2-7-8-3-5/h2-3H,1H2,(H,7,8). The minimum atomic E-state index is 0.569. The van der Waals surface area contributed by atoms with Crippen molar-refractivity contribution in [2.24, 2.45) is 4.99 Å². The van der Waals surface area contributed by atoms with E-state index in [0.717, 1.165) is 5.56 Å². The molecule has 0 bridgehead atoms. The van der Waals surface area contributed by atoms with E-state index in [9.17, 15) is 0 Å². The van der Waals surface area contributed by atoms with E-state index in [1.807, 2.05) is 0 Å². The summed E-state index contributed by atoms with van der Waals surface area (Å²) in [5.41, 5.74) is 1.02. The van der Waals surface area contributed by atoms with Gasteiger partial charge in [0.2, 0.25) is 0 Å². The van der Waals surface area contributed by atoms with Crippen molar-refractivity contribution in [3.05, 3.63) is 18.0 Å². The van der Waals surface area contributed by atoms with Gasteiger partial charge in [-0.25, -0.2) is 4.99 Å². The van der Waals surface area contributed by atoms with Crippen LogP contribution in [0.3, 0.4) is 0 Å². The highest BCUT2D eigenvalue weighted by molar-refractivity contribution is 7.78. The summed E-state index contributed by atoms with van der Waals surface area (Å²) < 4.78 is 0. The molecule has 46 valence electrons. The van der Waals surface area contributed by atoms with Gasteiger partial charge in [-0.15, -0.1) is 0 Å². The molecule has 0 aliphatic heterocycles. The Bertz CT molecular complexity index is 210. The fourth-order valence-corrected chi connectivity index (χ4v) is 0.552. The molecule has 0 radical (unpaired) electrons. The van der Waals surface area contributed by atoms with Crippen LogP contribution in [-0.2, 0) is 6.54 Å². The number of aromatic amines is 1. The SMILES string of the molecule is S=C=NCc1cn[nH]c1. The molecule has 0 aliphatic carbocycles. The smallest absolute Gasteiger partial charge is 0.0773 e. The number of nitrogens with zero attached hydrogens (tertiary/aromatic N) is 2. The number of nitrogens with one attached hydrogen (secondary N) is 1. The van der Waals surface area contributed by atoms with Gasteiger partial charge in [-0.05, 0) is 12.2 Å². The van der Waals surface area contributed by atoms with E-state index in [-0.39, 0.29) is 0 Å². The summed E-state index contributed by atoms with van der Waals surface area (Å²) >= 11 is 4.38. The topological polar surface area (TPSA) is 41.0 Å². The van der Waals surface area contributed by atoms with Gasteiger partial charge in [0.1, 0.15) is 0 Å². The van der Waals surface area contributed by atoms with Crippen molar-refractivity contribution >= 4 is 17.4 Å². The fraction of sp³-hybridized carbons (Fsp3) is 0.200. The largest absolute Gasteiger partial charge is 0.285 e. The van der Waals surface area contributed by atoms with Crippen molar-refractivity contribution in [1.29, 1.82) is 0 Å². The lowest BCUT2D eigenvalue weighted by Crippen LogP contribution is -1.72. The maximum atomic E-state index is 4.38. The Hall–Kier alpha value is -0.990. The summed E-state index contributed by atoms with van der Waals surface area (Å²) in [5.74, 6) is 0. The number of hydrogen-bond acceptors (Lipinski definition) is 3. The third-order valence-electron chi connectivity index (χ3n) is 0.881. The summed E-state index contributed by atoms with van der Waals surface area (Å²) in [7, 11) is 0.